The zero-order valence-corrected chi connectivity index (χ0v) is 13.6. The number of carbonyl (C=O) groups excluding carboxylic acids is 1. The van der Waals surface area contributed by atoms with Gasteiger partial charge in [-0.3, -0.25) is 9.78 Å². The molecule has 1 saturated heterocycles. The minimum Gasteiger partial charge on any atom is -0.453 e. The number of halogens is 1. The summed E-state index contributed by atoms with van der Waals surface area (Å²) in [7, 11) is 0. The highest BCUT2D eigenvalue weighted by Gasteiger charge is 2.24. The maximum absolute atomic E-state index is 14.2. The number of benzene rings is 1. The van der Waals surface area contributed by atoms with Crippen molar-refractivity contribution in [2.75, 3.05) is 19.7 Å². The standard InChI is InChI=1S/C19H19FN2O3/c20-17-10-14(3-5-18(17)25-16-2-1-8-21-11-16)4-6-19(24)22-9-7-15(12-22)13-23/h1-6,8,10-11,15,23H,7,9,12-13H2/b6-4+. The lowest BCUT2D eigenvalue weighted by Crippen LogP contribution is -2.27. The van der Waals surface area contributed by atoms with E-state index in [1.807, 2.05) is 0 Å². The van der Waals surface area contributed by atoms with Gasteiger partial charge < -0.3 is 14.7 Å². The van der Waals surface area contributed by atoms with Gasteiger partial charge in [0, 0.05) is 37.9 Å². The maximum Gasteiger partial charge on any atom is 0.246 e. The van der Waals surface area contributed by atoms with Gasteiger partial charge >= 0.3 is 0 Å². The molecule has 3 rings (SSSR count). The molecule has 130 valence electrons. The molecule has 1 atom stereocenters. The Morgan fingerprint density at radius 2 is 2.32 bits per heavy atom. The number of hydrogen-bond donors (Lipinski definition) is 1. The van der Waals surface area contributed by atoms with Crippen LogP contribution in [0.25, 0.3) is 6.08 Å². The average molecular weight is 342 g/mol. The average Bonchev–Trinajstić information content (AvgIpc) is 3.12. The van der Waals surface area contributed by atoms with Crippen molar-refractivity contribution >= 4 is 12.0 Å². The van der Waals surface area contributed by atoms with Gasteiger partial charge in [0.15, 0.2) is 11.6 Å². The first-order valence-corrected chi connectivity index (χ1v) is 8.11. The Kier molecular flexibility index (Phi) is 5.40. The Labute approximate surface area is 145 Å². The number of aromatic nitrogens is 1. The molecular formula is C19H19FN2O3. The van der Waals surface area contributed by atoms with E-state index in [4.69, 9.17) is 9.84 Å². The largest absolute Gasteiger partial charge is 0.453 e. The number of aliphatic hydroxyl groups is 1. The maximum atomic E-state index is 14.2. The van der Waals surface area contributed by atoms with Crippen LogP contribution in [-0.4, -0.2) is 40.6 Å². The summed E-state index contributed by atoms with van der Waals surface area (Å²) in [5.74, 6) is 0.0554. The minimum absolute atomic E-state index is 0.0943. The van der Waals surface area contributed by atoms with Crippen molar-refractivity contribution in [2.45, 2.75) is 6.42 Å². The topological polar surface area (TPSA) is 62.7 Å². The van der Waals surface area contributed by atoms with E-state index in [9.17, 15) is 9.18 Å². The third-order valence-electron chi connectivity index (χ3n) is 4.09. The summed E-state index contributed by atoms with van der Waals surface area (Å²) < 4.78 is 19.6. The molecule has 0 spiro atoms. The molecular weight excluding hydrogens is 323 g/mol. The first-order chi connectivity index (χ1) is 12.2. The molecule has 5 nitrogen and oxygen atoms in total. The van der Waals surface area contributed by atoms with Crippen LogP contribution in [0, 0.1) is 11.7 Å². The zero-order chi connectivity index (χ0) is 17.6. The minimum atomic E-state index is -0.514. The van der Waals surface area contributed by atoms with Crippen molar-refractivity contribution < 1.29 is 19.0 Å². The molecule has 0 saturated carbocycles. The summed E-state index contributed by atoms with van der Waals surface area (Å²) in [6, 6.07) is 7.91. The predicted molar refractivity (Wildman–Crippen MR) is 91.5 cm³/mol. The molecule has 1 N–H and O–H groups in total. The lowest BCUT2D eigenvalue weighted by Gasteiger charge is -2.13. The number of ether oxygens (including phenoxy) is 1. The van der Waals surface area contributed by atoms with Gasteiger partial charge in [-0.05, 0) is 42.3 Å². The summed E-state index contributed by atoms with van der Waals surface area (Å²) in [5.41, 5.74) is 0.572. The quantitative estimate of drug-likeness (QED) is 0.849. The smallest absolute Gasteiger partial charge is 0.246 e. The lowest BCUT2D eigenvalue weighted by atomic mass is 10.1. The number of aliphatic hydroxyl groups excluding tert-OH is 1. The Hall–Kier alpha value is -2.73. The SMILES string of the molecule is O=C(/C=C/c1ccc(Oc2cccnc2)c(F)c1)N1CCC(CO)C1. The van der Waals surface area contributed by atoms with E-state index in [2.05, 4.69) is 4.98 Å². The molecule has 25 heavy (non-hydrogen) atoms. The van der Waals surface area contributed by atoms with Crippen LogP contribution in [-0.2, 0) is 4.79 Å². The van der Waals surface area contributed by atoms with Crippen LogP contribution in [0.3, 0.4) is 0 Å². The molecule has 1 fully saturated rings. The molecule has 1 aromatic heterocycles. The van der Waals surface area contributed by atoms with Crippen molar-refractivity contribution in [2.24, 2.45) is 5.92 Å². The lowest BCUT2D eigenvalue weighted by molar-refractivity contribution is -0.125. The van der Waals surface area contributed by atoms with Gasteiger partial charge in [0.05, 0.1) is 6.20 Å². The fraction of sp³-hybridized carbons (Fsp3) is 0.263. The van der Waals surface area contributed by atoms with Crippen LogP contribution in [0.15, 0.2) is 48.8 Å². The zero-order valence-electron chi connectivity index (χ0n) is 13.6. The number of rotatable bonds is 5. The van der Waals surface area contributed by atoms with Gasteiger partial charge in [-0.15, -0.1) is 0 Å². The molecule has 1 aliphatic heterocycles. The van der Waals surface area contributed by atoms with E-state index in [0.717, 1.165) is 6.42 Å². The summed E-state index contributed by atoms with van der Waals surface area (Å²) >= 11 is 0. The molecule has 0 bridgehead atoms. The van der Waals surface area contributed by atoms with Gasteiger partial charge in [0.25, 0.3) is 0 Å². The second-order valence-electron chi connectivity index (χ2n) is 5.94. The second-order valence-corrected chi connectivity index (χ2v) is 5.94. The second kappa shape index (κ2) is 7.90. The van der Waals surface area contributed by atoms with Crippen LogP contribution in [0.5, 0.6) is 11.5 Å². The van der Waals surface area contributed by atoms with E-state index in [1.165, 1.54) is 24.4 Å². The van der Waals surface area contributed by atoms with Crippen molar-refractivity contribution in [1.82, 2.24) is 9.88 Å². The van der Waals surface area contributed by atoms with Crippen molar-refractivity contribution in [1.29, 1.82) is 0 Å². The Morgan fingerprint density at radius 3 is 3.00 bits per heavy atom. The highest BCUT2D eigenvalue weighted by molar-refractivity contribution is 5.92. The number of carbonyl (C=O) groups is 1. The predicted octanol–water partition coefficient (Wildman–Crippen LogP) is 2.87. The highest BCUT2D eigenvalue weighted by atomic mass is 19.1. The third kappa shape index (κ3) is 4.42. The molecule has 1 unspecified atom stereocenters. The van der Waals surface area contributed by atoms with E-state index in [1.54, 1.807) is 35.4 Å². The van der Waals surface area contributed by atoms with Gasteiger partial charge in [0.1, 0.15) is 5.75 Å². The highest BCUT2D eigenvalue weighted by Crippen LogP contribution is 2.25. The summed E-state index contributed by atoms with van der Waals surface area (Å²) in [4.78, 5) is 17.7. The number of amides is 1. The number of likely N-dealkylation sites (tertiary alicyclic amines) is 1. The van der Waals surface area contributed by atoms with Gasteiger partial charge in [-0.1, -0.05) is 6.07 Å². The van der Waals surface area contributed by atoms with Gasteiger partial charge in [-0.25, -0.2) is 4.39 Å². The first kappa shape index (κ1) is 17.1. The van der Waals surface area contributed by atoms with E-state index in [-0.39, 0.29) is 24.2 Å². The van der Waals surface area contributed by atoms with E-state index < -0.39 is 5.82 Å². The number of nitrogens with zero attached hydrogens (tertiary/aromatic N) is 2. The Bertz CT molecular complexity index is 765. The molecule has 2 aromatic rings. The van der Waals surface area contributed by atoms with Crippen LogP contribution in [0.2, 0.25) is 0 Å². The molecule has 2 heterocycles. The van der Waals surface area contributed by atoms with Crippen LogP contribution >= 0.6 is 0 Å². The molecule has 1 amide bonds. The number of pyridine rings is 1. The van der Waals surface area contributed by atoms with Gasteiger partial charge in [-0.2, -0.15) is 0 Å². The number of hydrogen-bond acceptors (Lipinski definition) is 4. The molecule has 6 heteroatoms. The van der Waals surface area contributed by atoms with Crippen LogP contribution in [0.1, 0.15) is 12.0 Å². The van der Waals surface area contributed by atoms with Crippen molar-refractivity contribution in [3.8, 4) is 11.5 Å². The van der Waals surface area contributed by atoms with Crippen LogP contribution < -0.4 is 4.74 Å². The normalized spacial score (nSPS) is 17.2. The molecule has 0 radical (unpaired) electrons. The Morgan fingerprint density at radius 1 is 1.44 bits per heavy atom. The van der Waals surface area contributed by atoms with Gasteiger partial charge in [0.2, 0.25) is 5.91 Å². The molecule has 0 aliphatic carbocycles. The fourth-order valence-corrected chi connectivity index (χ4v) is 2.69. The van der Waals surface area contributed by atoms with Crippen LogP contribution in [0.4, 0.5) is 4.39 Å². The van der Waals surface area contributed by atoms with Crippen molar-refractivity contribution in [3.05, 3.63) is 60.2 Å². The Balaban J connectivity index is 1.63. The first-order valence-electron chi connectivity index (χ1n) is 8.11. The summed E-state index contributed by atoms with van der Waals surface area (Å²) in [6.07, 6.45) is 6.92. The summed E-state index contributed by atoms with van der Waals surface area (Å²) in [6.45, 7) is 1.30. The van der Waals surface area contributed by atoms with Crippen molar-refractivity contribution in [3.63, 3.8) is 0 Å². The van der Waals surface area contributed by atoms with E-state index in [0.29, 0.717) is 24.4 Å². The molecule has 1 aliphatic rings. The monoisotopic (exact) mass is 342 g/mol. The summed E-state index contributed by atoms with van der Waals surface area (Å²) in [5, 5.41) is 9.12. The van der Waals surface area contributed by atoms with E-state index >= 15 is 0 Å². The molecule has 1 aromatic carbocycles. The fourth-order valence-electron chi connectivity index (χ4n) is 2.69. The third-order valence-corrected chi connectivity index (χ3v) is 4.09.